The average molecular weight is 413 g/mol. The summed E-state index contributed by atoms with van der Waals surface area (Å²) in [5.41, 5.74) is 1.55. The van der Waals surface area contributed by atoms with Gasteiger partial charge in [-0.1, -0.05) is 0 Å². The molecule has 1 N–H and O–H groups in total. The predicted molar refractivity (Wildman–Crippen MR) is 106 cm³/mol. The molecule has 0 atom stereocenters. The van der Waals surface area contributed by atoms with Gasteiger partial charge in [-0.2, -0.15) is 4.68 Å². The number of hydrogen-bond donors (Lipinski definition) is 1. The minimum absolute atomic E-state index is 0.117. The number of nitrogens with one attached hydrogen (secondary N) is 1. The summed E-state index contributed by atoms with van der Waals surface area (Å²) in [6, 6.07) is 9.69. The number of nitrogens with zero attached hydrogens (tertiary/aromatic N) is 4. The number of carbonyl (C=O) groups is 1. The van der Waals surface area contributed by atoms with E-state index in [9.17, 15) is 19.7 Å². The third kappa shape index (κ3) is 3.95. The first-order chi connectivity index (χ1) is 14.4. The lowest BCUT2D eigenvalue weighted by atomic mass is 9.96. The van der Waals surface area contributed by atoms with Crippen LogP contribution in [0.2, 0.25) is 0 Å². The fraction of sp³-hybridized carbons (Fsp3) is 0.316. The van der Waals surface area contributed by atoms with Gasteiger partial charge in [-0.25, -0.2) is 4.79 Å². The number of rotatable bonds is 5. The molecule has 0 radical (unpaired) electrons. The number of hydrogen-bond acceptors (Lipinski definition) is 8. The number of aromatic nitrogens is 2. The molecular formula is C19H19N5O6. The molecule has 0 bridgehead atoms. The van der Waals surface area contributed by atoms with Crippen LogP contribution in [0, 0.1) is 10.1 Å². The van der Waals surface area contributed by atoms with Crippen LogP contribution in [0.25, 0.3) is 0 Å². The van der Waals surface area contributed by atoms with Gasteiger partial charge in [-0.15, -0.1) is 5.10 Å². The molecule has 0 unspecified atom stereocenters. The number of anilines is 2. The number of carbonyl (C=O) groups excluding carboxylic acids is 1. The second-order valence-electron chi connectivity index (χ2n) is 6.99. The summed E-state index contributed by atoms with van der Waals surface area (Å²) in [4.78, 5) is 35.8. The molecule has 1 aliphatic heterocycles. The summed E-state index contributed by atoms with van der Waals surface area (Å²) < 4.78 is 11.3. The Morgan fingerprint density at radius 2 is 1.87 bits per heavy atom. The maximum absolute atomic E-state index is 12.2. The zero-order valence-corrected chi connectivity index (χ0v) is 16.1. The van der Waals surface area contributed by atoms with Crippen LogP contribution < -0.4 is 16.0 Å². The van der Waals surface area contributed by atoms with Crippen molar-refractivity contribution < 1.29 is 18.6 Å². The number of aryl methyl sites for hydroxylation is 1. The van der Waals surface area contributed by atoms with Crippen LogP contribution in [0.15, 0.2) is 50.0 Å². The zero-order chi connectivity index (χ0) is 21.3. The number of nitro groups is 1. The van der Waals surface area contributed by atoms with Gasteiger partial charge in [0.25, 0.3) is 5.91 Å². The molecule has 11 heteroatoms. The largest absolute Gasteiger partial charge is 0.436 e. The van der Waals surface area contributed by atoms with Gasteiger partial charge < -0.3 is 19.1 Å². The Morgan fingerprint density at radius 3 is 2.43 bits per heavy atom. The van der Waals surface area contributed by atoms with Crippen molar-refractivity contribution in [2.75, 3.05) is 23.3 Å². The highest BCUT2D eigenvalue weighted by Gasteiger charge is 2.25. The van der Waals surface area contributed by atoms with Crippen LogP contribution >= 0.6 is 0 Å². The summed E-state index contributed by atoms with van der Waals surface area (Å²) in [6.07, 6.45) is 1.63. The van der Waals surface area contributed by atoms with Gasteiger partial charge in [0.15, 0.2) is 5.76 Å². The van der Waals surface area contributed by atoms with Gasteiger partial charge in [0, 0.05) is 37.4 Å². The lowest BCUT2D eigenvalue weighted by Crippen LogP contribution is -2.33. The Hall–Kier alpha value is -3.89. The standard InChI is InChI=1S/C19H19N5O6/c1-22-19(26)30-18(21-22)12-8-10-23(11-9-12)14-4-2-13(3-5-14)20-17(25)15-6-7-16(29-15)24(27)28/h2-7,12H,8-11H2,1H3,(H,20,25). The van der Waals surface area contributed by atoms with Crippen molar-refractivity contribution in [3.8, 4) is 0 Å². The second-order valence-corrected chi connectivity index (χ2v) is 6.99. The van der Waals surface area contributed by atoms with E-state index in [-0.39, 0.29) is 11.7 Å². The van der Waals surface area contributed by atoms with Crippen molar-refractivity contribution in [3.63, 3.8) is 0 Å². The molecule has 156 valence electrons. The van der Waals surface area contributed by atoms with Crippen LogP contribution in [-0.4, -0.2) is 33.7 Å². The Kier molecular flexibility index (Phi) is 5.09. The first-order valence-corrected chi connectivity index (χ1v) is 9.35. The first-order valence-electron chi connectivity index (χ1n) is 9.35. The molecule has 30 heavy (non-hydrogen) atoms. The first kappa shape index (κ1) is 19.4. The van der Waals surface area contributed by atoms with Gasteiger partial charge in [-0.05, 0) is 43.2 Å². The van der Waals surface area contributed by atoms with Crippen molar-refractivity contribution in [1.29, 1.82) is 0 Å². The molecule has 0 aliphatic carbocycles. The summed E-state index contributed by atoms with van der Waals surface area (Å²) in [5, 5.41) is 17.4. The smallest absolute Gasteiger partial charge is 0.395 e. The quantitative estimate of drug-likeness (QED) is 0.498. The van der Waals surface area contributed by atoms with Crippen molar-refractivity contribution in [2.45, 2.75) is 18.8 Å². The van der Waals surface area contributed by atoms with Gasteiger partial charge in [-0.3, -0.25) is 14.9 Å². The van der Waals surface area contributed by atoms with Gasteiger partial charge in [0.05, 0.1) is 6.07 Å². The molecule has 4 rings (SSSR count). The third-order valence-electron chi connectivity index (χ3n) is 5.03. The van der Waals surface area contributed by atoms with Gasteiger partial charge in [0.1, 0.15) is 4.92 Å². The van der Waals surface area contributed by atoms with Crippen LogP contribution in [0.4, 0.5) is 17.3 Å². The average Bonchev–Trinajstić information content (AvgIpc) is 3.36. The van der Waals surface area contributed by atoms with Crippen LogP contribution in [0.5, 0.6) is 0 Å². The third-order valence-corrected chi connectivity index (χ3v) is 5.03. The van der Waals surface area contributed by atoms with Gasteiger partial charge in [0.2, 0.25) is 5.89 Å². The normalized spacial score (nSPS) is 14.6. The Bertz CT molecular complexity index is 1120. The van der Waals surface area contributed by atoms with E-state index in [0.29, 0.717) is 11.6 Å². The molecule has 3 heterocycles. The van der Waals surface area contributed by atoms with Crippen LogP contribution in [-0.2, 0) is 7.05 Å². The predicted octanol–water partition coefficient (Wildman–Crippen LogP) is 2.51. The molecule has 1 aliphatic rings. The molecule has 1 fully saturated rings. The minimum atomic E-state index is -0.698. The number of benzene rings is 1. The van der Waals surface area contributed by atoms with Gasteiger partial charge >= 0.3 is 11.6 Å². The Morgan fingerprint density at radius 1 is 1.17 bits per heavy atom. The van der Waals surface area contributed by atoms with E-state index >= 15 is 0 Å². The Balaban J connectivity index is 1.35. The van der Waals surface area contributed by atoms with E-state index in [1.165, 1.54) is 10.7 Å². The monoisotopic (exact) mass is 413 g/mol. The van der Waals surface area contributed by atoms with Crippen LogP contribution in [0.1, 0.15) is 35.2 Å². The Labute approximate surface area is 170 Å². The highest BCUT2D eigenvalue weighted by molar-refractivity contribution is 6.02. The van der Waals surface area contributed by atoms with E-state index in [4.69, 9.17) is 8.83 Å². The van der Waals surface area contributed by atoms with Crippen molar-refractivity contribution >= 4 is 23.2 Å². The molecule has 0 spiro atoms. The SMILES string of the molecule is Cn1nc(C2CCN(c3ccc(NC(=O)c4ccc([N+](=O)[O-])o4)cc3)CC2)oc1=O. The molecule has 2 aromatic heterocycles. The summed E-state index contributed by atoms with van der Waals surface area (Å²) in [6.45, 7) is 1.57. The number of amides is 1. The minimum Gasteiger partial charge on any atom is -0.395 e. The van der Waals surface area contributed by atoms with E-state index in [0.717, 1.165) is 37.7 Å². The molecule has 1 saturated heterocycles. The van der Waals surface area contributed by atoms with Crippen LogP contribution in [0.3, 0.4) is 0 Å². The fourth-order valence-corrected chi connectivity index (χ4v) is 3.41. The lowest BCUT2D eigenvalue weighted by Gasteiger charge is -2.32. The molecule has 0 saturated carbocycles. The number of piperidine rings is 1. The fourth-order valence-electron chi connectivity index (χ4n) is 3.41. The molecule has 1 aromatic carbocycles. The van der Waals surface area contributed by atoms with E-state index < -0.39 is 22.5 Å². The van der Waals surface area contributed by atoms with Crippen molar-refractivity contribution in [3.05, 3.63) is 68.7 Å². The maximum Gasteiger partial charge on any atom is 0.436 e. The van der Waals surface area contributed by atoms with E-state index in [2.05, 4.69) is 15.3 Å². The second kappa shape index (κ2) is 7.85. The molecular weight excluding hydrogens is 394 g/mol. The summed E-state index contributed by atoms with van der Waals surface area (Å²) in [5.74, 6) is -1.02. The highest BCUT2D eigenvalue weighted by atomic mass is 16.6. The van der Waals surface area contributed by atoms with E-state index in [1.54, 1.807) is 19.2 Å². The van der Waals surface area contributed by atoms with E-state index in [1.807, 2.05) is 12.1 Å². The highest BCUT2D eigenvalue weighted by Crippen LogP contribution is 2.29. The summed E-state index contributed by atoms with van der Waals surface area (Å²) >= 11 is 0. The molecule has 1 amide bonds. The topological polar surface area (TPSA) is 137 Å². The number of furan rings is 1. The molecule has 3 aromatic rings. The van der Waals surface area contributed by atoms with Crippen molar-refractivity contribution in [2.24, 2.45) is 7.05 Å². The maximum atomic E-state index is 12.2. The molecule has 11 nitrogen and oxygen atoms in total. The van der Waals surface area contributed by atoms with Crippen molar-refractivity contribution in [1.82, 2.24) is 9.78 Å². The summed E-state index contributed by atoms with van der Waals surface area (Å²) in [7, 11) is 1.57. The lowest BCUT2D eigenvalue weighted by molar-refractivity contribution is -0.402. The zero-order valence-electron chi connectivity index (χ0n) is 16.1.